The normalized spacial score (nSPS) is 13.3. The third kappa shape index (κ3) is 7.52. The number of aliphatic carboxylic acids is 1. The molecular weight excluding hydrogens is 354 g/mol. The summed E-state index contributed by atoms with van der Waals surface area (Å²) in [6, 6.07) is 0. The first-order chi connectivity index (χ1) is 7.68. The molecule has 0 fully saturated rings. The van der Waals surface area contributed by atoms with E-state index in [1.165, 1.54) is 12.2 Å². The second-order valence-electron chi connectivity index (χ2n) is 4.18. The summed E-state index contributed by atoms with van der Waals surface area (Å²) in [7, 11) is 0. The average Bonchev–Trinajstić information content (AvgIpc) is 2.17. The third-order valence-electron chi connectivity index (χ3n) is 1.59. The van der Waals surface area contributed by atoms with Crippen LogP contribution in [0.1, 0.15) is 20.8 Å². The van der Waals surface area contributed by atoms with Gasteiger partial charge in [0.1, 0.15) is 0 Å². The summed E-state index contributed by atoms with van der Waals surface area (Å²) in [5.41, 5.74) is 2.01. The molecular formula is C12H11BrFNO2Zn-. The molecule has 1 rings (SSSR count). The Hall–Kier alpha value is -0.787. The van der Waals surface area contributed by atoms with E-state index >= 15 is 0 Å². The molecule has 18 heavy (non-hydrogen) atoms. The largest absolute Gasteiger partial charge is 0.550 e. The van der Waals surface area contributed by atoms with Crippen LogP contribution < -0.4 is 10.5 Å². The summed E-state index contributed by atoms with van der Waals surface area (Å²) in [6.07, 6.45) is 2.60. The molecule has 3 nitrogen and oxygen atoms in total. The first-order valence-electron chi connectivity index (χ1n) is 4.67. The summed E-state index contributed by atoms with van der Waals surface area (Å²) in [4.78, 5) is 9.91. The molecule has 1 radical (unpaired) electrons. The molecule has 0 aromatic carbocycles. The van der Waals surface area contributed by atoms with Crippen molar-refractivity contribution in [3.8, 4) is 0 Å². The van der Waals surface area contributed by atoms with Crippen molar-refractivity contribution >= 4 is 27.8 Å². The van der Waals surface area contributed by atoms with Gasteiger partial charge in [0.2, 0.25) is 0 Å². The van der Waals surface area contributed by atoms with Gasteiger partial charge in [-0.05, 0) is 28.1 Å². The molecule has 93 valence electrons. The summed E-state index contributed by atoms with van der Waals surface area (Å²) in [6.45, 7) is 4.80. The Balaban J connectivity index is 0. The van der Waals surface area contributed by atoms with Crippen LogP contribution in [0.5, 0.6) is 0 Å². The maximum atomic E-state index is 12.3. The van der Waals surface area contributed by atoms with Crippen LogP contribution >= 0.6 is 15.9 Å². The predicted molar refractivity (Wildman–Crippen MR) is 64.8 cm³/mol. The Morgan fingerprint density at radius 2 is 1.94 bits per heavy atom. The van der Waals surface area contributed by atoms with E-state index in [1.807, 2.05) is 5.87 Å². The van der Waals surface area contributed by atoms with Crippen molar-refractivity contribution in [2.75, 3.05) is 0 Å². The van der Waals surface area contributed by atoms with Crippen LogP contribution in [0, 0.1) is 5.41 Å². The molecule has 0 aliphatic heterocycles. The first kappa shape index (κ1) is 19.6. The Kier molecular flexibility index (Phi) is 9.06. The van der Waals surface area contributed by atoms with Gasteiger partial charge in [0.05, 0.1) is 10.1 Å². The molecule has 0 aromatic rings. The van der Waals surface area contributed by atoms with Gasteiger partial charge in [-0.25, -0.2) is 0 Å². The summed E-state index contributed by atoms with van der Waals surface area (Å²) >= 11 is 2.99. The summed E-state index contributed by atoms with van der Waals surface area (Å²) < 4.78 is 12.7. The van der Waals surface area contributed by atoms with Gasteiger partial charge in [0.15, 0.2) is 5.83 Å². The Labute approximate surface area is 127 Å². The molecule has 0 N–H and O–H groups in total. The minimum atomic E-state index is -1.01. The standard InChI is InChI=1S/C7H2BrFN.C5H10O2.Zn/c8-7-3-6(9)2-1-5(7)4-10;1-5(2,3)4(6)7;/h1-2H;1-3H3,(H,6,7);/p-1. The third-order valence-corrected chi connectivity index (χ3v) is 2.22. The zero-order valence-electron chi connectivity index (χ0n) is 10.4. The second kappa shape index (κ2) is 8.34. The minimum Gasteiger partial charge on any atom is -0.550 e. The molecule has 0 heterocycles. The van der Waals surface area contributed by atoms with Crippen molar-refractivity contribution in [2.45, 2.75) is 20.8 Å². The number of rotatable bonds is 0. The van der Waals surface area contributed by atoms with E-state index in [4.69, 9.17) is 5.41 Å². The Morgan fingerprint density at radius 3 is 2.22 bits per heavy atom. The maximum absolute atomic E-state index is 12.3. The fourth-order valence-electron chi connectivity index (χ4n) is 0.530. The number of hydrogen-bond acceptors (Lipinski definition) is 2. The average molecular weight is 366 g/mol. The van der Waals surface area contributed by atoms with Crippen molar-refractivity contribution in [2.24, 2.45) is 5.41 Å². The van der Waals surface area contributed by atoms with Gasteiger partial charge in [-0.1, -0.05) is 31.9 Å². The number of allylic oxidation sites excluding steroid dienone is 4. The van der Waals surface area contributed by atoms with Crippen molar-refractivity contribution in [1.29, 1.82) is 0 Å². The van der Waals surface area contributed by atoms with Gasteiger partial charge in [0, 0.05) is 36.7 Å². The van der Waals surface area contributed by atoms with E-state index < -0.39 is 17.2 Å². The number of carboxylic acids is 1. The van der Waals surface area contributed by atoms with Crippen molar-refractivity contribution in [3.63, 3.8) is 0 Å². The molecule has 0 unspecified atom stereocenters. The molecule has 0 saturated carbocycles. The molecule has 0 bridgehead atoms. The van der Waals surface area contributed by atoms with Crippen molar-refractivity contribution < 1.29 is 33.8 Å². The molecule has 1 aliphatic rings. The molecule has 0 amide bonds. The van der Waals surface area contributed by atoms with Gasteiger partial charge in [-0.3, -0.25) is 0 Å². The first-order valence-corrected chi connectivity index (χ1v) is 5.46. The zero-order valence-corrected chi connectivity index (χ0v) is 14.9. The van der Waals surface area contributed by atoms with E-state index in [1.54, 1.807) is 20.8 Å². The molecule has 0 atom stereocenters. The summed E-state index contributed by atoms with van der Waals surface area (Å²) in [5, 5.41) is 18.3. The molecule has 6 heteroatoms. The Bertz CT molecular complexity index is 465. The topological polar surface area (TPSA) is 62.4 Å². The van der Waals surface area contributed by atoms with E-state index in [2.05, 4.69) is 21.7 Å². The Morgan fingerprint density at radius 1 is 1.50 bits per heavy atom. The van der Waals surface area contributed by atoms with Gasteiger partial charge in [-0.2, -0.15) is 4.39 Å². The fraction of sp³-hybridized carbons (Fsp3) is 0.333. The monoisotopic (exact) mass is 363 g/mol. The molecule has 0 saturated heterocycles. The smallest absolute Gasteiger partial charge is 0.166 e. The quantitative estimate of drug-likeness (QED) is 0.371. The van der Waals surface area contributed by atoms with Crippen LogP contribution in [0.3, 0.4) is 0 Å². The van der Waals surface area contributed by atoms with Gasteiger partial charge in [-0.15, -0.1) is 0 Å². The molecule has 0 aromatic heterocycles. The van der Waals surface area contributed by atoms with Gasteiger partial charge >= 0.3 is 0 Å². The van der Waals surface area contributed by atoms with E-state index in [0.29, 0.717) is 10.1 Å². The second-order valence-corrected chi connectivity index (χ2v) is 4.98. The van der Waals surface area contributed by atoms with Crippen LogP contribution in [0.4, 0.5) is 4.39 Å². The number of hydrogen-bond donors (Lipinski definition) is 0. The summed E-state index contributed by atoms with van der Waals surface area (Å²) in [5.74, 6) is 0.404. The molecule has 1 aliphatic carbocycles. The number of carbonyl (C=O) groups excluding carboxylic acids is 1. The van der Waals surface area contributed by atoms with Gasteiger partial charge in [0.25, 0.3) is 0 Å². The number of halogens is 2. The number of carbonyl (C=O) groups is 1. The number of carboxylic acid groups (broad SMARTS) is 1. The zero-order chi connectivity index (χ0) is 13.6. The van der Waals surface area contributed by atoms with Crippen LogP contribution in [0.15, 0.2) is 33.8 Å². The number of nitrogens with zero attached hydrogens (tertiary/aromatic N) is 1. The van der Waals surface area contributed by atoms with E-state index in [0.717, 1.165) is 0 Å². The van der Waals surface area contributed by atoms with E-state index in [9.17, 15) is 14.3 Å². The van der Waals surface area contributed by atoms with Crippen molar-refractivity contribution in [3.05, 3.63) is 33.8 Å². The van der Waals surface area contributed by atoms with Crippen molar-refractivity contribution in [1.82, 2.24) is 5.41 Å². The van der Waals surface area contributed by atoms with Gasteiger partial charge < -0.3 is 9.90 Å². The van der Waals surface area contributed by atoms with Crippen LogP contribution in [0.2, 0.25) is 0 Å². The van der Waals surface area contributed by atoms with Crippen LogP contribution in [-0.2, 0) is 24.3 Å². The minimum absolute atomic E-state index is 0. The molecule has 0 spiro atoms. The predicted octanol–water partition coefficient (Wildman–Crippen LogP) is 1.46. The van der Waals surface area contributed by atoms with Crippen LogP contribution in [-0.4, -0.2) is 11.8 Å². The fourth-order valence-corrected chi connectivity index (χ4v) is 0.940. The SMILES string of the molecule is CC(C)(C)C(=O)[O-].[N]=C=C1C=CC(F)=C=C1Br.[Zn]. The van der Waals surface area contributed by atoms with Crippen LogP contribution in [0.25, 0.3) is 0 Å². The van der Waals surface area contributed by atoms with E-state index in [-0.39, 0.29) is 19.5 Å². The maximum Gasteiger partial charge on any atom is 0.166 e.